The van der Waals surface area contributed by atoms with Crippen LogP contribution in [0.4, 0.5) is 9.18 Å². The fourth-order valence-corrected chi connectivity index (χ4v) is 2.69. The summed E-state index contributed by atoms with van der Waals surface area (Å²) in [6.07, 6.45) is 1.00. The van der Waals surface area contributed by atoms with Gasteiger partial charge in [-0.15, -0.1) is 0 Å². The van der Waals surface area contributed by atoms with Gasteiger partial charge in [0.05, 0.1) is 17.6 Å². The fraction of sp³-hybridized carbons (Fsp3) is 0.562. The molecule has 23 heavy (non-hydrogen) atoms. The monoisotopic (exact) mass is 386 g/mol. The van der Waals surface area contributed by atoms with Crippen LogP contribution in [-0.4, -0.2) is 45.8 Å². The normalized spacial score (nSPS) is 21.3. The molecule has 1 aromatic heterocycles. The molecule has 1 unspecified atom stereocenters. The van der Waals surface area contributed by atoms with Crippen LogP contribution in [0, 0.1) is 0 Å². The molecular formula is C16H20BrFN2O3. The van der Waals surface area contributed by atoms with Crippen molar-refractivity contribution in [2.45, 2.75) is 38.5 Å². The molecule has 0 spiro atoms. The largest absolute Gasteiger partial charge is 0.444 e. The molecule has 1 atom stereocenters. The molecule has 0 aromatic carbocycles. The Hall–Kier alpha value is -1.50. The van der Waals surface area contributed by atoms with E-state index in [1.165, 1.54) is 17.2 Å². The lowest BCUT2D eigenvalue weighted by atomic mass is 9.99. The summed E-state index contributed by atoms with van der Waals surface area (Å²) in [6, 6.07) is 3.07. The van der Waals surface area contributed by atoms with Gasteiger partial charge in [0.1, 0.15) is 5.60 Å². The number of rotatable bonds is 3. The first-order valence-corrected chi connectivity index (χ1v) is 8.49. The predicted octanol–water partition coefficient (Wildman–Crippen LogP) is 3.46. The lowest BCUT2D eigenvalue weighted by molar-refractivity contribution is 0.0255. The van der Waals surface area contributed by atoms with Crippen LogP contribution in [0.5, 0.6) is 0 Å². The topological polar surface area (TPSA) is 59.5 Å². The van der Waals surface area contributed by atoms with E-state index in [0.29, 0.717) is 5.56 Å². The van der Waals surface area contributed by atoms with Gasteiger partial charge in [-0.05, 0) is 32.9 Å². The maximum Gasteiger partial charge on any atom is 0.410 e. The van der Waals surface area contributed by atoms with Crippen LogP contribution in [0.1, 0.15) is 43.2 Å². The summed E-state index contributed by atoms with van der Waals surface area (Å²) < 4.78 is 20.4. The second kappa shape index (κ2) is 6.55. The van der Waals surface area contributed by atoms with Crippen LogP contribution in [0.2, 0.25) is 0 Å². The Bertz CT molecular complexity index is 600. The van der Waals surface area contributed by atoms with Crippen molar-refractivity contribution in [1.82, 2.24) is 9.88 Å². The molecule has 1 aromatic rings. The number of ketones is 1. The molecule has 1 saturated heterocycles. The van der Waals surface area contributed by atoms with E-state index in [2.05, 4.69) is 20.9 Å². The number of likely N-dealkylation sites (tertiary alicyclic amines) is 1. The molecule has 0 N–H and O–H groups in total. The van der Waals surface area contributed by atoms with E-state index in [-0.39, 0.29) is 36.3 Å². The zero-order chi connectivity index (χ0) is 17.3. The smallest absolute Gasteiger partial charge is 0.410 e. The second-order valence-corrected chi connectivity index (χ2v) is 7.17. The first-order valence-electron chi connectivity index (χ1n) is 7.37. The Kier molecular flexibility index (Phi) is 5.08. The number of ether oxygens (including phenoxy) is 1. The Labute approximate surface area is 143 Å². The average Bonchev–Trinajstić information content (AvgIpc) is 2.89. The van der Waals surface area contributed by atoms with Crippen molar-refractivity contribution in [1.29, 1.82) is 0 Å². The maximum atomic E-state index is 15.1. The number of carbonyl (C=O) groups is 2. The molecule has 0 saturated carbocycles. The molecule has 2 heterocycles. The zero-order valence-electron chi connectivity index (χ0n) is 13.4. The van der Waals surface area contributed by atoms with Crippen molar-refractivity contribution in [3.63, 3.8) is 0 Å². The van der Waals surface area contributed by atoms with E-state index in [0.717, 1.165) is 0 Å². The molecule has 1 amide bonds. The van der Waals surface area contributed by atoms with Gasteiger partial charge >= 0.3 is 6.09 Å². The summed E-state index contributed by atoms with van der Waals surface area (Å²) in [6.45, 7) is 5.48. The maximum absolute atomic E-state index is 15.1. The average molecular weight is 387 g/mol. The van der Waals surface area contributed by atoms with Gasteiger partial charge < -0.3 is 9.64 Å². The molecule has 5 nitrogen and oxygen atoms in total. The molecule has 126 valence electrons. The third-order valence-corrected chi connectivity index (χ3v) is 4.05. The number of hydrogen-bond donors (Lipinski definition) is 0. The summed E-state index contributed by atoms with van der Waals surface area (Å²) in [4.78, 5) is 29.0. The summed E-state index contributed by atoms with van der Waals surface area (Å²) in [7, 11) is 0. The van der Waals surface area contributed by atoms with Crippen LogP contribution >= 0.6 is 15.9 Å². The molecule has 0 radical (unpaired) electrons. The van der Waals surface area contributed by atoms with E-state index in [1.54, 1.807) is 26.8 Å². The van der Waals surface area contributed by atoms with Crippen LogP contribution in [0.3, 0.4) is 0 Å². The van der Waals surface area contributed by atoms with Crippen LogP contribution in [-0.2, 0) is 10.4 Å². The van der Waals surface area contributed by atoms with E-state index >= 15 is 4.39 Å². The quantitative estimate of drug-likeness (QED) is 0.589. The number of nitrogens with zero attached hydrogens (tertiary/aromatic N) is 2. The lowest BCUT2D eigenvalue weighted by Crippen LogP contribution is -2.37. The Morgan fingerprint density at radius 3 is 2.65 bits per heavy atom. The molecule has 1 aliphatic heterocycles. The zero-order valence-corrected chi connectivity index (χ0v) is 15.0. The van der Waals surface area contributed by atoms with Crippen molar-refractivity contribution in [2.24, 2.45) is 0 Å². The molecule has 2 rings (SSSR count). The van der Waals surface area contributed by atoms with Crippen molar-refractivity contribution in [3.8, 4) is 0 Å². The number of pyridine rings is 1. The van der Waals surface area contributed by atoms with Gasteiger partial charge in [0.2, 0.25) is 0 Å². The predicted molar refractivity (Wildman–Crippen MR) is 87.6 cm³/mol. The van der Waals surface area contributed by atoms with E-state index in [1.807, 2.05) is 0 Å². The van der Waals surface area contributed by atoms with E-state index in [4.69, 9.17) is 4.74 Å². The number of Topliss-reactive ketones (excluding diaryl/α,β-unsaturated/α-hetero) is 1. The SMILES string of the molecule is CC(C)(C)OC(=O)N1CCC(F)(c2ccc(C(=O)CBr)cn2)C1. The minimum absolute atomic E-state index is 0.0966. The first-order chi connectivity index (χ1) is 10.6. The van der Waals surface area contributed by atoms with E-state index in [9.17, 15) is 9.59 Å². The molecule has 7 heteroatoms. The third-order valence-electron chi connectivity index (χ3n) is 3.54. The van der Waals surface area contributed by atoms with Crippen LogP contribution in [0.25, 0.3) is 0 Å². The van der Waals surface area contributed by atoms with Gasteiger partial charge in [-0.1, -0.05) is 15.9 Å². The fourth-order valence-electron chi connectivity index (χ4n) is 2.37. The van der Waals surface area contributed by atoms with Gasteiger partial charge in [0.25, 0.3) is 0 Å². The van der Waals surface area contributed by atoms with Gasteiger partial charge in [0.15, 0.2) is 11.5 Å². The first kappa shape index (κ1) is 17.8. The summed E-state index contributed by atoms with van der Waals surface area (Å²) in [5, 5.41) is 0.196. The molecule has 0 aliphatic carbocycles. The highest BCUT2D eigenvalue weighted by atomic mass is 79.9. The lowest BCUT2D eigenvalue weighted by Gasteiger charge is -2.25. The second-order valence-electron chi connectivity index (χ2n) is 6.61. The minimum Gasteiger partial charge on any atom is -0.444 e. The summed E-state index contributed by atoms with van der Waals surface area (Å²) in [5.41, 5.74) is -1.67. The Morgan fingerprint density at radius 1 is 1.43 bits per heavy atom. The van der Waals surface area contributed by atoms with Crippen LogP contribution < -0.4 is 0 Å². The van der Waals surface area contributed by atoms with Gasteiger partial charge in [-0.3, -0.25) is 9.78 Å². The molecular weight excluding hydrogens is 367 g/mol. The highest BCUT2D eigenvalue weighted by molar-refractivity contribution is 9.09. The van der Waals surface area contributed by atoms with Gasteiger partial charge in [-0.2, -0.15) is 0 Å². The Morgan fingerprint density at radius 2 is 2.13 bits per heavy atom. The molecule has 1 fully saturated rings. The number of aromatic nitrogens is 1. The molecule has 1 aliphatic rings. The molecule has 0 bridgehead atoms. The summed E-state index contributed by atoms with van der Waals surface area (Å²) >= 11 is 3.09. The van der Waals surface area contributed by atoms with Crippen molar-refractivity contribution >= 4 is 27.8 Å². The van der Waals surface area contributed by atoms with Gasteiger partial charge in [-0.25, -0.2) is 9.18 Å². The number of halogens is 2. The minimum atomic E-state index is -1.72. The van der Waals surface area contributed by atoms with Crippen molar-refractivity contribution in [3.05, 3.63) is 29.6 Å². The standard InChI is InChI=1S/C16H20BrFN2O3/c1-15(2,3)23-14(22)20-7-6-16(18,10-20)13-5-4-11(9-19-13)12(21)8-17/h4-5,9H,6-8,10H2,1-3H3. The third kappa shape index (κ3) is 4.28. The highest BCUT2D eigenvalue weighted by Gasteiger charge is 2.44. The number of alkyl halides is 2. The van der Waals surface area contributed by atoms with Crippen molar-refractivity contribution in [2.75, 3.05) is 18.4 Å². The van der Waals surface area contributed by atoms with Crippen LogP contribution in [0.15, 0.2) is 18.3 Å². The highest BCUT2D eigenvalue weighted by Crippen LogP contribution is 2.35. The van der Waals surface area contributed by atoms with E-state index < -0.39 is 17.4 Å². The number of amides is 1. The van der Waals surface area contributed by atoms with Crippen molar-refractivity contribution < 1.29 is 18.7 Å². The summed E-state index contributed by atoms with van der Waals surface area (Å²) in [5.74, 6) is -0.112. The number of carbonyl (C=O) groups excluding carboxylic acids is 2. The van der Waals surface area contributed by atoms with Gasteiger partial charge in [0, 0.05) is 24.7 Å². The Balaban J connectivity index is 2.09. The number of hydrogen-bond acceptors (Lipinski definition) is 4.